The molecule has 2 aliphatic heterocycles. The number of alkyl halides is 3. The first-order valence-electron chi connectivity index (χ1n) is 22.9. The summed E-state index contributed by atoms with van der Waals surface area (Å²) >= 11 is 0. The van der Waals surface area contributed by atoms with Crippen LogP contribution < -0.4 is 34.3 Å². The van der Waals surface area contributed by atoms with E-state index in [4.69, 9.17) is 23.9 Å². The third-order valence-corrected chi connectivity index (χ3v) is 15.5. The number of methoxy groups -OCH3 is 2. The zero-order chi connectivity index (χ0) is 49.5. The van der Waals surface area contributed by atoms with E-state index in [9.17, 15) is 36.0 Å². The molecule has 1 saturated heterocycles. The van der Waals surface area contributed by atoms with Crippen molar-refractivity contribution < 1.29 is 64.5 Å². The molecule has 3 fully saturated rings. The Hall–Kier alpha value is -5.79. The number of nitrogens with one attached hydrogen (secondary N) is 3. The number of hydrogen-bond acceptors (Lipinski definition) is 12. The molecule has 370 valence electrons. The first-order valence-corrected chi connectivity index (χ1v) is 24.4. The fourth-order valence-electron chi connectivity index (χ4n) is 8.96. The Bertz CT molecular complexity index is 2550. The maximum absolute atomic E-state index is 15.0. The van der Waals surface area contributed by atoms with Crippen molar-refractivity contribution in [3.05, 3.63) is 54.6 Å². The second-order valence-electron chi connectivity index (χ2n) is 19.1. The summed E-state index contributed by atoms with van der Waals surface area (Å²) in [5.41, 5.74) is -0.666. The van der Waals surface area contributed by atoms with E-state index in [0.29, 0.717) is 78.3 Å². The van der Waals surface area contributed by atoms with Gasteiger partial charge < -0.3 is 39.2 Å². The van der Waals surface area contributed by atoms with E-state index in [1.165, 1.54) is 26.0 Å². The Labute approximate surface area is 394 Å². The molecule has 8 unspecified atom stereocenters. The number of fused-ring (bicyclic) bond motifs is 3. The SMILES string of the molecule is COc1ccc2c(OC3CC4C(=O)NC5(C(=O)NS(=O)(=O)C6(C)CC6)CC5C=CCCC(C)CC(C)C(NC(=O)OC(C)C(F)(F)F)C(=O)N4C3)nc(-c3ccc(OC(C)C)cc3)c(OC)c2c1. The topological polar surface area (TPSA) is 201 Å². The fraction of sp³-hybridized carbons (Fsp3) is 0.562. The van der Waals surface area contributed by atoms with Gasteiger partial charge in [0.05, 0.1) is 31.6 Å². The maximum Gasteiger partial charge on any atom is 0.425 e. The molecule has 2 aromatic carbocycles. The number of allylic oxidation sites excluding steroid dienone is 1. The number of carbonyl (C=O) groups is 4. The summed E-state index contributed by atoms with van der Waals surface area (Å²) in [5.74, 6) is -2.22. The van der Waals surface area contributed by atoms with E-state index in [0.717, 1.165) is 0 Å². The molecule has 4 aliphatic rings. The van der Waals surface area contributed by atoms with Crippen molar-refractivity contribution in [2.45, 2.75) is 133 Å². The van der Waals surface area contributed by atoms with Gasteiger partial charge in [0.2, 0.25) is 27.7 Å². The van der Waals surface area contributed by atoms with E-state index in [2.05, 4.69) is 20.1 Å². The standard InChI is InChI=1S/C48H60F3N5O11S/c1-26(2)65-32-15-13-30(14-16-32)39-40(64-8)36-22-33(63-7)17-18-35(36)42(52-39)67-34-23-37-41(57)54-47(44(59)55-68(61,62)46(6)19-20-46)24-31(47)12-10-9-11-27(3)21-28(4)38(43(58)56(37)25-34)53-45(60)66-29(5)48(49,50)51/h10,12-18,22,26-29,31,34,37-38H,9,11,19-21,23-25H2,1-8H3,(H,53,60)(H,54,57)(H,55,59). The Kier molecular flexibility index (Phi) is 14.2. The van der Waals surface area contributed by atoms with Crippen LogP contribution in [0.1, 0.15) is 86.5 Å². The predicted molar refractivity (Wildman–Crippen MR) is 245 cm³/mol. The van der Waals surface area contributed by atoms with Crippen LogP contribution in [-0.4, -0.2) is 110 Å². The van der Waals surface area contributed by atoms with E-state index < -0.39 is 86.4 Å². The summed E-state index contributed by atoms with van der Waals surface area (Å²) < 4.78 is 97.1. The van der Waals surface area contributed by atoms with Crippen molar-refractivity contribution >= 4 is 44.6 Å². The Morgan fingerprint density at radius 1 is 0.971 bits per heavy atom. The van der Waals surface area contributed by atoms with Gasteiger partial charge in [-0.25, -0.2) is 18.2 Å². The van der Waals surface area contributed by atoms with Crippen LogP contribution in [0.15, 0.2) is 54.6 Å². The Balaban J connectivity index is 1.28. The lowest BCUT2D eigenvalue weighted by atomic mass is 9.88. The minimum absolute atomic E-state index is 0.0647. The van der Waals surface area contributed by atoms with E-state index in [1.807, 2.05) is 39.0 Å². The summed E-state index contributed by atoms with van der Waals surface area (Å²) in [6.45, 7) is 9.36. The summed E-state index contributed by atoms with van der Waals surface area (Å²) in [6, 6.07) is 9.53. The number of rotatable bonds is 12. The van der Waals surface area contributed by atoms with E-state index >= 15 is 4.79 Å². The highest BCUT2D eigenvalue weighted by Gasteiger charge is 2.63. The number of amides is 4. The molecule has 0 spiro atoms. The monoisotopic (exact) mass is 971 g/mol. The number of nitrogens with zero attached hydrogens (tertiary/aromatic N) is 2. The van der Waals surface area contributed by atoms with Crippen molar-refractivity contribution in [2.75, 3.05) is 20.8 Å². The lowest BCUT2D eigenvalue weighted by molar-refractivity contribution is -0.197. The molecule has 2 saturated carbocycles. The summed E-state index contributed by atoms with van der Waals surface area (Å²) in [4.78, 5) is 63.2. The first-order chi connectivity index (χ1) is 32.0. The summed E-state index contributed by atoms with van der Waals surface area (Å²) in [5, 5.41) is 6.26. The van der Waals surface area contributed by atoms with Gasteiger partial charge >= 0.3 is 12.3 Å². The van der Waals surface area contributed by atoms with Crippen LogP contribution in [0, 0.1) is 17.8 Å². The van der Waals surface area contributed by atoms with Crippen LogP contribution in [-0.2, 0) is 29.1 Å². The van der Waals surface area contributed by atoms with Gasteiger partial charge in [0.15, 0.2) is 11.9 Å². The molecular formula is C48H60F3N5O11S. The van der Waals surface area contributed by atoms with E-state index in [-0.39, 0.29) is 37.3 Å². The zero-order valence-electron chi connectivity index (χ0n) is 39.4. The number of sulfonamides is 1. The Morgan fingerprint density at radius 3 is 2.29 bits per heavy atom. The number of alkyl carbamates (subject to hydrolysis) is 1. The third-order valence-electron chi connectivity index (χ3n) is 13.4. The Morgan fingerprint density at radius 2 is 1.66 bits per heavy atom. The van der Waals surface area contributed by atoms with Crippen LogP contribution in [0.25, 0.3) is 22.0 Å². The number of hydrogen-bond donors (Lipinski definition) is 3. The number of halogens is 3. The van der Waals surface area contributed by atoms with Gasteiger partial charge in [-0.3, -0.25) is 19.1 Å². The molecule has 1 aromatic heterocycles. The van der Waals surface area contributed by atoms with Crippen molar-refractivity contribution in [3.63, 3.8) is 0 Å². The van der Waals surface area contributed by atoms with Crippen LogP contribution in [0.2, 0.25) is 0 Å². The van der Waals surface area contributed by atoms with Gasteiger partial charge in [0.1, 0.15) is 40.9 Å². The van der Waals surface area contributed by atoms with Gasteiger partial charge in [-0.05, 0) is 121 Å². The highest BCUT2D eigenvalue weighted by atomic mass is 32.2. The van der Waals surface area contributed by atoms with Crippen LogP contribution in [0.5, 0.6) is 23.1 Å². The molecule has 68 heavy (non-hydrogen) atoms. The number of carbonyl (C=O) groups excluding carboxylic acids is 4. The largest absolute Gasteiger partial charge is 0.497 e. The van der Waals surface area contributed by atoms with Gasteiger partial charge in [-0.15, -0.1) is 0 Å². The van der Waals surface area contributed by atoms with Crippen molar-refractivity contribution in [2.24, 2.45) is 17.8 Å². The number of ether oxygens (including phenoxy) is 5. The molecule has 0 bridgehead atoms. The molecule has 4 amide bonds. The van der Waals surface area contributed by atoms with Crippen molar-refractivity contribution in [1.82, 2.24) is 25.2 Å². The molecular weight excluding hydrogens is 912 g/mol. The minimum atomic E-state index is -4.88. The highest BCUT2D eigenvalue weighted by Crippen LogP contribution is 2.48. The van der Waals surface area contributed by atoms with Gasteiger partial charge in [0, 0.05) is 28.7 Å². The minimum Gasteiger partial charge on any atom is -0.497 e. The third kappa shape index (κ3) is 10.6. The quantitative estimate of drug-likeness (QED) is 0.158. The second kappa shape index (κ2) is 19.3. The van der Waals surface area contributed by atoms with Crippen molar-refractivity contribution in [3.8, 4) is 34.4 Å². The average Bonchev–Trinajstić information content (AvgIpc) is 4.16. The molecule has 20 heteroatoms. The van der Waals surface area contributed by atoms with Gasteiger partial charge in [0.25, 0.3) is 5.91 Å². The number of aromatic nitrogens is 1. The molecule has 3 aromatic rings. The lowest BCUT2D eigenvalue weighted by Gasteiger charge is -2.33. The molecule has 8 atom stereocenters. The predicted octanol–water partition coefficient (Wildman–Crippen LogP) is 6.99. The zero-order valence-corrected chi connectivity index (χ0v) is 40.2. The summed E-state index contributed by atoms with van der Waals surface area (Å²) in [7, 11) is -1.10. The smallest absolute Gasteiger partial charge is 0.425 e. The highest BCUT2D eigenvalue weighted by molar-refractivity contribution is 7.91. The molecule has 7 rings (SSSR count). The first kappa shape index (κ1) is 50.1. The second-order valence-corrected chi connectivity index (χ2v) is 21.3. The van der Waals surface area contributed by atoms with Crippen LogP contribution >= 0.6 is 0 Å². The van der Waals surface area contributed by atoms with Crippen molar-refractivity contribution in [1.29, 1.82) is 0 Å². The fourth-order valence-corrected chi connectivity index (χ4v) is 10.3. The van der Waals surface area contributed by atoms with Crippen LogP contribution in [0.4, 0.5) is 18.0 Å². The molecule has 0 radical (unpaired) electrons. The molecule has 3 heterocycles. The van der Waals surface area contributed by atoms with Crippen LogP contribution in [0.3, 0.4) is 0 Å². The maximum atomic E-state index is 15.0. The number of benzene rings is 2. The average molecular weight is 972 g/mol. The molecule has 2 aliphatic carbocycles. The lowest BCUT2D eigenvalue weighted by Crippen LogP contribution is -2.59. The van der Waals surface area contributed by atoms with E-state index in [1.54, 1.807) is 43.3 Å². The summed E-state index contributed by atoms with van der Waals surface area (Å²) in [6.07, 6.45) is -4.18. The van der Waals surface area contributed by atoms with Gasteiger partial charge in [-0.1, -0.05) is 26.0 Å². The molecule has 3 N–H and O–H groups in total. The number of pyridine rings is 1. The normalized spacial score (nSPS) is 26.6. The van der Waals surface area contributed by atoms with Gasteiger partial charge in [-0.2, -0.15) is 13.2 Å². The molecule has 16 nitrogen and oxygen atoms in total.